The number of carbonyl (C=O) groups excluding carboxylic acids is 1. The Morgan fingerprint density at radius 1 is 1.56 bits per heavy atom. The van der Waals surface area contributed by atoms with E-state index in [0.29, 0.717) is 16.8 Å². The van der Waals surface area contributed by atoms with Crippen molar-refractivity contribution in [2.75, 3.05) is 5.32 Å². The second-order valence-corrected chi connectivity index (χ2v) is 3.79. The number of carbonyl (C=O) groups is 2. The molecule has 1 unspecified atom stereocenters. The molecule has 4 nitrogen and oxygen atoms in total. The van der Waals surface area contributed by atoms with Gasteiger partial charge in [0.25, 0.3) is 0 Å². The molecule has 2 N–H and O–H groups in total. The summed E-state index contributed by atoms with van der Waals surface area (Å²) in [7, 11) is 0. The largest absolute Gasteiger partial charge is 0.481 e. The molecule has 16 heavy (non-hydrogen) atoms. The van der Waals surface area contributed by atoms with Gasteiger partial charge in [0.05, 0.1) is 0 Å². The molecule has 2 rings (SSSR count). The first kappa shape index (κ1) is 10.6. The average Bonchev–Trinajstić information content (AvgIpc) is 2.23. The summed E-state index contributed by atoms with van der Waals surface area (Å²) in [5.41, 5.74) is 1.41. The Bertz CT molecular complexity index is 484. The van der Waals surface area contributed by atoms with Gasteiger partial charge in [-0.2, -0.15) is 0 Å². The normalized spacial score (nSPS) is 18.9. The summed E-state index contributed by atoms with van der Waals surface area (Å²) in [5.74, 6) is -3.25. The average molecular weight is 223 g/mol. The first-order valence-electron chi connectivity index (χ1n) is 4.82. The zero-order chi connectivity index (χ0) is 11.9. The lowest BCUT2D eigenvalue weighted by Gasteiger charge is -2.23. The maximum Gasteiger partial charge on any atom is 0.316 e. The topological polar surface area (TPSA) is 66.4 Å². The molecule has 0 spiro atoms. The summed E-state index contributed by atoms with van der Waals surface area (Å²) in [6.45, 7) is 1.55. The van der Waals surface area contributed by atoms with Crippen LogP contribution in [-0.4, -0.2) is 17.0 Å². The minimum atomic E-state index is -1.16. The van der Waals surface area contributed by atoms with Crippen LogP contribution in [0.5, 0.6) is 0 Å². The number of fused-ring (bicyclic) bond motifs is 1. The van der Waals surface area contributed by atoms with Gasteiger partial charge in [0.15, 0.2) is 0 Å². The molecule has 84 valence electrons. The molecule has 0 saturated carbocycles. The van der Waals surface area contributed by atoms with E-state index in [1.165, 1.54) is 12.1 Å². The Morgan fingerprint density at radius 2 is 2.25 bits per heavy atom. The minimum absolute atomic E-state index is 0.109. The van der Waals surface area contributed by atoms with Gasteiger partial charge in [-0.1, -0.05) is 6.07 Å². The van der Waals surface area contributed by atoms with Crippen LogP contribution in [0.2, 0.25) is 0 Å². The van der Waals surface area contributed by atoms with E-state index in [9.17, 15) is 14.0 Å². The summed E-state index contributed by atoms with van der Waals surface area (Å²) < 4.78 is 13.2. The number of hydrogen-bond donors (Lipinski definition) is 2. The summed E-state index contributed by atoms with van der Waals surface area (Å²) in [6, 6.07) is 2.79. The van der Waals surface area contributed by atoms with Crippen molar-refractivity contribution in [2.45, 2.75) is 13.3 Å². The van der Waals surface area contributed by atoms with Crippen LogP contribution >= 0.6 is 0 Å². The number of carboxylic acid groups (broad SMARTS) is 1. The van der Waals surface area contributed by atoms with Gasteiger partial charge < -0.3 is 10.4 Å². The first-order chi connectivity index (χ1) is 7.50. The molecule has 0 saturated heterocycles. The van der Waals surface area contributed by atoms with Crippen LogP contribution in [0.15, 0.2) is 12.1 Å². The molecule has 0 bridgehead atoms. The lowest BCUT2D eigenvalue weighted by molar-refractivity contribution is -0.145. The zero-order valence-corrected chi connectivity index (χ0v) is 8.58. The molecule has 1 aliphatic rings. The molecular weight excluding hydrogens is 213 g/mol. The van der Waals surface area contributed by atoms with Crippen molar-refractivity contribution < 1.29 is 19.1 Å². The van der Waals surface area contributed by atoms with E-state index in [4.69, 9.17) is 5.11 Å². The standard InChI is InChI=1S/C11H10FNO3/c1-5-8(12)3-2-6-4-7(11(15)16)10(14)13-9(5)6/h2-3,7H,4H2,1H3,(H,13,14)(H,15,16). The van der Waals surface area contributed by atoms with Crippen molar-refractivity contribution >= 4 is 17.6 Å². The van der Waals surface area contributed by atoms with E-state index < -0.39 is 23.6 Å². The highest BCUT2D eigenvalue weighted by atomic mass is 19.1. The Kier molecular flexibility index (Phi) is 2.38. The molecule has 1 aliphatic heterocycles. The molecule has 5 heteroatoms. The number of hydrogen-bond acceptors (Lipinski definition) is 2. The number of anilines is 1. The van der Waals surface area contributed by atoms with E-state index >= 15 is 0 Å². The summed E-state index contributed by atoms with van der Waals surface area (Å²) >= 11 is 0. The van der Waals surface area contributed by atoms with Gasteiger partial charge in [0.2, 0.25) is 5.91 Å². The summed E-state index contributed by atoms with van der Waals surface area (Å²) in [5, 5.41) is 11.3. The third kappa shape index (κ3) is 1.54. The fourth-order valence-electron chi connectivity index (χ4n) is 1.81. The SMILES string of the molecule is Cc1c(F)ccc2c1NC(=O)C(C(=O)O)C2. The Labute approximate surface area is 91.1 Å². The molecule has 1 aromatic carbocycles. The van der Waals surface area contributed by atoms with Crippen LogP contribution in [0.25, 0.3) is 0 Å². The predicted octanol–water partition coefficient (Wildman–Crippen LogP) is 1.33. The van der Waals surface area contributed by atoms with Gasteiger partial charge in [-0.15, -0.1) is 0 Å². The number of rotatable bonds is 1. The van der Waals surface area contributed by atoms with E-state index in [0.717, 1.165) is 0 Å². The second kappa shape index (κ2) is 3.59. The van der Waals surface area contributed by atoms with Crippen molar-refractivity contribution in [3.63, 3.8) is 0 Å². The minimum Gasteiger partial charge on any atom is -0.481 e. The molecule has 1 heterocycles. The fraction of sp³-hybridized carbons (Fsp3) is 0.273. The smallest absolute Gasteiger partial charge is 0.316 e. The van der Waals surface area contributed by atoms with Gasteiger partial charge in [-0.3, -0.25) is 9.59 Å². The van der Waals surface area contributed by atoms with Crippen molar-refractivity contribution in [3.05, 3.63) is 29.1 Å². The first-order valence-corrected chi connectivity index (χ1v) is 4.82. The van der Waals surface area contributed by atoms with Gasteiger partial charge >= 0.3 is 5.97 Å². The number of amides is 1. The van der Waals surface area contributed by atoms with Crippen LogP contribution in [0.1, 0.15) is 11.1 Å². The molecule has 1 aromatic rings. The maximum absolute atomic E-state index is 13.2. The van der Waals surface area contributed by atoms with Crippen LogP contribution < -0.4 is 5.32 Å². The number of nitrogens with one attached hydrogen (secondary N) is 1. The van der Waals surface area contributed by atoms with Crippen molar-refractivity contribution in [2.24, 2.45) is 5.92 Å². The van der Waals surface area contributed by atoms with Crippen LogP contribution in [-0.2, 0) is 16.0 Å². The molecular formula is C11H10FNO3. The number of halogens is 1. The van der Waals surface area contributed by atoms with Gasteiger partial charge in [-0.05, 0) is 25.0 Å². The van der Waals surface area contributed by atoms with E-state index in [1.54, 1.807) is 6.92 Å². The van der Waals surface area contributed by atoms with Crippen LogP contribution in [0, 0.1) is 18.7 Å². The Balaban J connectivity index is 2.46. The van der Waals surface area contributed by atoms with Crippen LogP contribution in [0.3, 0.4) is 0 Å². The lowest BCUT2D eigenvalue weighted by atomic mass is 9.91. The van der Waals surface area contributed by atoms with Crippen molar-refractivity contribution in [3.8, 4) is 0 Å². The second-order valence-electron chi connectivity index (χ2n) is 3.79. The lowest BCUT2D eigenvalue weighted by Crippen LogP contribution is -2.35. The van der Waals surface area contributed by atoms with Crippen molar-refractivity contribution in [1.82, 2.24) is 0 Å². The monoisotopic (exact) mass is 223 g/mol. The molecule has 0 radical (unpaired) electrons. The van der Waals surface area contributed by atoms with Crippen molar-refractivity contribution in [1.29, 1.82) is 0 Å². The van der Waals surface area contributed by atoms with E-state index in [2.05, 4.69) is 5.32 Å². The zero-order valence-electron chi connectivity index (χ0n) is 8.58. The number of aliphatic carboxylic acids is 1. The summed E-state index contributed by atoms with van der Waals surface area (Å²) in [4.78, 5) is 22.2. The maximum atomic E-state index is 13.2. The third-order valence-electron chi connectivity index (χ3n) is 2.77. The fourth-order valence-corrected chi connectivity index (χ4v) is 1.81. The predicted molar refractivity (Wildman–Crippen MR) is 54.6 cm³/mol. The van der Waals surface area contributed by atoms with Crippen LogP contribution in [0.4, 0.5) is 10.1 Å². The Morgan fingerprint density at radius 3 is 2.88 bits per heavy atom. The quantitative estimate of drug-likeness (QED) is 0.706. The van der Waals surface area contributed by atoms with Gasteiger partial charge in [0, 0.05) is 11.3 Å². The highest BCUT2D eigenvalue weighted by Gasteiger charge is 2.32. The third-order valence-corrected chi connectivity index (χ3v) is 2.77. The van der Waals surface area contributed by atoms with E-state index in [-0.39, 0.29) is 6.42 Å². The molecule has 0 fully saturated rings. The Hall–Kier alpha value is -1.91. The van der Waals surface area contributed by atoms with Gasteiger partial charge in [0.1, 0.15) is 11.7 Å². The van der Waals surface area contributed by atoms with Gasteiger partial charge in [-0.25, -0.2) is 4.39 Å². The highest BCUT2D eigenvalue weighted by Crippen LogP contribution is 2.30. The number of carboxylic acids is 1. The molecule has 0 aromatic heterocycles. The molecule has 1 amide bonds. The van der Waals surface area contributed by atoms with E-state index in [1.807, 2.05) is 0 Å². The summed E-state index contributed by atoms with van der Waals surface area (Å²) in [6.07, 6.45) is 0.109. The molecule has 0 aliphatic carbocycles. The number of benzene rings is 1. The molecule has 1 atom stereocenters. The highest BCUT2D eigenvalue weighted by molar-refractivity contribution is 6.07.